The minimum Gasteiger partial charge on any atom is -0.457 e. The van der Waals surface area contributed by atoms with E-state index in [9.17, 15) is 9.18 Å². The number of carbonyl (C=O) groups excluding carboxylic acids is 1. The van der Waals surface area contributed by atoms with E-state index in [0.717, 1.165) is 0 Å². The normalized spacial score (nSPS) is 10.0. The molecule has 2 aromatic carbocycles. The summed E-state index contributed by atoms with van der Waals surface area (Å²) in [6, 6.07) is 10.8. The number of hydrogen-bond donors (Lipinski definition) is 0. The largest absolute Gasteiger partial charge is 0.457 e. The molecule has 4 heteroatoms. The van der Waals surface area contributed by atoms with Gasteiger partial charge in [-0.25, -0.2) is 4.39 Å². The van der Waals surface area contributed by atoms with Gasteiger partial charge in [-0.1, -0.05) is 23.7 Å². The van der Waals surface area contributed by atoms with Crippen LogP contribution in [-0.4, -0.2) is 6.29 Å². The molecule has 0 atom stereocenters. The Morgan fingerprint density at radius 2 is 1.94 bits per heavy atom. The Morgan fingerprint density at radius 1 is 1.18 bits per heavy atom. The van der Waals surface area contributed by atoms with Crippen LogP contribution < -0.4 is 4.74 Å². The zero-order valence-corrected chi connectivity index (χ0v) is 9.45. The predicted molar refractivity (Wildman–Crippen MR) is 63.3 cm³/mol. The lowest BCUT2D eigenvalue weighted by Gasteiger charge is -2.07. The van der Waals surface area contributed by atoms with Crippen molar-refractivity contribution >= 4 is 17.9 Å². The second-order valence-corrected chi connectivity index (χ2v) is 3.74. The highest BCUT2D eigenvalue weighted by Crippen LogP contribution is 2.27. The van der Waals surface area contributed by atoms with Gasteiger partial charge in [0.05, 0.1) is 10.6 Å². The molecule has 86 valence electrons. The third-order valence-corrected chi connectivity index (χ3v) is 2.45. The van der Waals surface area contributed by atoms with Crippen LogP contribution in [0.4, 0.5) is 4.39 Å². The maximum absolute atomic E-state index is 12.9. The minimum atomic E-state index is -0.511. The Balaban J connectivity index is 2.31. The van der Waals surface area contributed by atoms with E-state index < -0.39 is 5.82 Å². The van der Waals surface area contributed by atoms with Gasteiger partial charge in [-0.2, -0.15) is 0 Å². The number of aldehydes is 1. The second-order valence-electron chi connectivity index (χ2n) is 3.33. The first-order valence-corrected chi connectivity index (χ1v) is 5.25. The van der Waals surface area contributed by atoms with Crippen molar-refractivity contribution < 1.29 is 13.9 Å². The number of benzene rings is 2. The SMILES string of the molecule is O=Cc1ccccc1Oc1ccc(F)c(Cl)c1. The molecular formula is C13H8ClFO2. The van der Waals surface area contributed by atoms with Gasteiger partial charge in [0.2, 0.25) is 0 Å². The zero-order chi connectivity index (χ0) is 12.3. The van der Waals surface area contributed by atoms with E-state index in [1.165, 1.54) is 18.2 Å². The summed E-state index contributed by atoms with van der Waals surface area (Å²) < 4.78 is 18.4. The molecule has 0 aliphatic carbocycles. The highest BCUT2D eigenvalue weighted by molar-refractivity contribution is 6.30. The molecule has 0 saturated heterocycles. The lowest BCUT2D eigenvalue weighted by molar-refractivity contribution is 0.112. The maximum Gasteiger partial charge on any atom is 0.153 e. The van der Waals surface area contributed by atoms with Crippen molar-refractivity contribution in [2.24, 2.45) is 0 Å². The predicted octanol–water partition coefficient (Wildman–Crippen LogP) is 4.08. The van der Waals surface area contributed by atoms with E-state index in [-0.39, 0.29) is 5.02 Å². The van der Waals surface area contributed by atoms with Gasteiger partial charge in [-0.15, -0.1) is 0 Å². The average molecular weight is 251 g/mol. The van der Waals surface area contributed by atoms with Crippen LogP contribution in [0.1, 0.15) is 10.4 Å². The molecule has 0 N–H and O–H groups in total. The summed E-state index contributed by atoms with van der Waals surface area (Å²) >= 11 is 5.63. The monoisotopic (exact) mass is 250 g/mol. The van der Waals surface area contributed by atoms with Gasteiger partial charge in [-0.3, -0.25) is 4.79 Å². The molecule has 2 aromatic rings. The molecule has 0 radical (unpaired) electrons. The maximum atomic E-state index is 12.9. The number of rotatable bonds is 3. The van der Waals surface area contributed by atoms with E-state index in [2.05, 4.69) is 0 Å². The van der Waals surface area contributed by atoms with E-state index >= 15 is 0 Å². The average Bonchev–Trinajstić information content (AvgIpc) is 2.34. The second kappa shape index (κ2) is 4.97. The summed E-state index contributed by atoms with van der Waals surface area (Å²) in [7, 11) is 0. The first kappa shape index (κ1) is 11.6. The van der Waals surface area contributed by atoms with Gasteiger partial charge in [-0.05, 0) is 24.3 Å². The molecule has 0 aliphatic heterocycles. The first-order chi connectivity index (χ1) is 8.20. The number of halogens is 2. The van der Waals surface area contributed by atoms with Crippen molar-refractivity contribution in [3.05, 3.63) is 58.9 Å². The van der Waals surface area contributed by atoms with Crippen LogP contribution in [0, 0.1) is 5.82 Å². The molecule has 17 heavy (non-hydrogen) atoms. The standard InChI is InChI=1S/C13H8ClFO2/c14-11-7-10(5-6-12(11)15)17-13-4-2-1-3-9(13)8-16/h1-8H. The Kier molecular flexibility index (Phi) is 3.40. The van der Waals surface area contributed by atoms with Crippen molar-refractivity contribution in [2.45, 2.75) is 0 Å². The Morgan fingerprint density at radius 3 is 2.65 bits per heavy atom. The van der Waals surface area contributed by atoms with Crippen molar-refractivity contribution in [1.29, 1.82) is 0 Å². The number of para-hydroxylation sites is 1. The summed E-state index contributed by atoms with van der Waals surface area (Å²) in [4.78, 5) is 10.8. The molecule has 0 heterocycles. The Hall–Kier alpha value is -1.87. The quantitative estimate of drug-likeness (QED) is 0.767. The van der Waals surface area contributed by atoms with Gasteiger partial charge < -0.3 is 4.74 Å². The van der Waals surface area contributed by atoms with Crippen molar-refractivity contribution in [1.82, 2.24) is 0 Å². The Bertz CT molecular complexity index is 555. The molecule has 0 bridgehead atoms. The number of carbonyl (C=O) groups is 1. The van der Waals surface area contributed by atoms with Crippen LogP contribution in [0.3, 0.4) is 0 Å². The van der Waals surface area contributed by atoms with Crippen molar-refractivity contribution in [3.8, 4) is 11.5 Å². The summed E-state index contributed by atoms with van der Waals surface area (Å²) in [5, 5.41) is -0.0221. The summed E-state index contributed by atoms with van der Waals surface area (Å²) in [6.45, 7) is 0. The third kappa shape index (κ3) is 2.63. The number of hydrogen-bond acceptors (Lipinski definition) is 2. The van der Waals surface area contributed by atoms with Crippen LogP contribution in [0.15, 0.2) is 42.5 Å². The molecule has 0 aliphatic rings. The number of ether oxygens (including phenoxy) is 1. The lowest BCUT2D eigenvalue weighted by Crippen LogP contribution is -1.90. The smallest absolute Gasteiger partial charge is 0.153 e. The zero-order valence-electron chi connectivity index (χ0n) is 8.69. The van der Waals surface area contributed by atoms with Crippen LogP contribution >= 0.6 is 11.6 Å². The van der Waals surface area contributed by atoms with Crippen LogP contribution in [-0.2, 0) is 0 Å². The van der Waals surface area contributed by atoms with E-state index in [0.29, 0.717) is 23.3 Å². The first-order valence-electron chi connectivity index (χ1n) is 4.88. The van der Waals surface area contributed by atoms with E-state index in [4.69, 9.17) is 16.3 Å². The van der Waals surface area contributed by atoms with Gasteiger partial charge in [0, 0.05) is 6.07 Å². The Labute approximate surface area is 103 Å². The van der Waals surface area contributed by atoms with Gasteiger partial charge >= 0.3 is 0 Å². The summed E-state index contributed by atoms with van der Waals surface area (Å²) in [5.41, 5.74) is 0.424. The van der Waals surface area contributed by atoms with Crippen LogP contribution in [0.2, 0.25) is 5.02 Å². The molecular weight excluding hydrogens is 243 g/mol. The van der Waals surface area contributed by atoms with E-state index in [1.807, 2.05) is 0 Å². The molecule has 0 unspecified atom stereocenters. The van der Waals surface area contributed by atoms with Crippen LogP contribution in [0.5, 0.6) is 11.5 Å². The fourth-order valence-corrected chi connectivity index (χ4v) is 1.51. The van der Waals surface area contributed by atoms with Gasteiger partial charge in [0.15, 0.2) is 6.29 Å². The third-order valence-electron chi connectivity index (χ3n) is 2.16. The van der Waals surface area contributed by atoms with Gasteiger partial charge in [0.25, 0.3) is 0 Å². The fraction of sp³-hybridized carbons (Fsp3) is 0. The molecule has 2 nitrogen and oxygen atoms in total. The van der Waals surface area contributed by atoms with E-state index in [1.54, 1.807) is 24.3 Å². The van der Waals surface area contributed by atoms with Crippen molar-refractivity contribution in [2.75, 3.05) is 0 Å². The highest BCUT2D eigenvalue weighted by Gasteiger charge is 2.05. The lowest BCUT2D eigenvalue weighted by atomic mass is 10.2. The molecule has 0 spiro atoms. The molecule has 0 saturated carbocycles. The molecule has 0 amide bonds. The van der Waals surface area contributed by atoms with Gasteiger partial charge in [0.1, 0.15) is 17.3 Å². The summed E-state index contributed by atoms with van der Waals surface area (Å²) in [5.74, 6) is 0.276. The highest BCUT2D eigenvalue weighted by atomic mass is 35.5. The molecule has 0 aromatic heterocycles. The molecule has 0 fully saturated rings. The van der Waals surface area contributed by atoms with Crippen molar-refractivity contribution in [3.63, 3.8) is 0 Å². The topological polar surface area (TPSA) is 26.3 Å². The van der Waals surface area contributed by atoms with Crippen LogP contribution in [0.25, 0.3) is 0 Å². The molecule has 2 rings (SSSR count). The minimum absolute atomic E-state index is 0.0221. The fourth-order valence-electron chi connectivity index (χ4n) is 1.34. The summed E-state index contributed by atoms with van der Waals surface area (Å²) in [6.07, 6.45) is 0.695.